The normalized spacial score (nSPS) is 24.0. The second kappa shape index (κ2) is 8.05. The van der Waals surface area contributed by atoms with Crippen LogP contribution in [0.15, 0.2) is 16.6 Å². The molecule has 0 nitrogen and oxygen atoms in total. The summed E-state index contributed by atoms with van der Waals surface area (Å²) >= 11 is 6.63. The Morgan fingerprint density at radius 1 is 1.14 bits per heavy atom. The number of alkyl halides is 1. The predicted octanol–water partition coefficient (Wildman–Crippen LogP) is 7.16. The molecule has 1 saturated carbocycles. The van der Waals surface area contributed by atoms with E-state index in [-0.39, 0.29) is 15.1 Å². The summed E-state index contributed by atoms with van der Waals surface area (Å²) in [6.07, 6.45) is 8.51. The number of hydrogen-bond donors (Lipinski definition) is 0. The highest BCUT2D eigenvalue weighted by Gasteiger charge is 2.29. The van der Waals surface area contributed by atoms with Crippen molar-refractivity contribution in [2.75, 3.05) is 0 Å². The van der Waals surface area contributed by atoms with Gasteiger partial charge in [-0.05, 0) is 52.7 Å². The molecule has 1 fully saturated rings. The topological polar surface area (TPSA) is 0 Å². The van der Waals surface area contributed by atoms with Crippen molar-refractivity contribution in [3.05, 3.63) is 33.8 Å². The van der Waals surface area contributed by atoms with E-state index in [9.17, 15) is 8.78 Å². The van der Waals surface area contributed by atoms with Crippen molar-refractivity contribution in [3.63, 3.8) is 0 Å². The van der Waals surface area contributed by atoms with Crippen molar-refractivity contribution in [2.45, 2.75) is 56.7 Å². The van der Waals surface area contributed by atoms with E-state index in [1.54, 1.807) is 0 Å². The van der Waals surface area contributed by atoms with Crippen LogP contribution in [0.2, 0.25) is 0 Å². The maximum absolute atomic E-state index is 14.1. The zero-order valence-corrected chi connectivity index (χ0v) is 15.5. The third-order valence-electron chi connectivity index (χ3n) is 4.61. The Bertz CT molecular complexity index is 468. The van der Waals surface area contributed by atoms with E-state index in [0.717, 1.165) is 18.8 Å². The van der Waals surface area contributed by atoms with Crippen molar-refractivity contribution < 1.29 is 8.78 Å². The Hall–Kier alpha value is 0.0400. The average molecular weight is 424 g/mol. The molecule has 1 aromatic carbocycles. The third-order valence-corrected chi connectivity index (χ3v) is 6.46. The van der Waals surface area contributed by atoms with Gasteiger partial charge in [-0.25, -0.2) is 8.78 Å². The summed E-state index contributed by atoms with van der Waals surface area (Å²) < 4.78 is 27.9. The van der Waals surface area contributed by atoms with Crippen LogP contribution in [0.4, 0.5) is 8.78 Å². The van der Waals surface area contributed by atoms with Crippen LogP contribution in [-0.4, -0.2) is 0 Å². The Kier molecular flexibility index (Phi) is 6.67. The van der Waals surface area contributed by atoms with Gasteiger partial charge >= 0.3 is 0 Å². The largest absolute Gasteiger partial charge is 0.207 e. The van der Waals surface area contributed by atoms with Crippen molar-refractivity contribution in [2.24, 2.45) is 11.8 Å². The van der Waals surface area contributed by atoms with E-state index in [4.69, 9.17) is 0 Å². The summed E-state index contributed by atoms with van der Waals surface area (Å²) in [6, 6.07) is 2.55. The zero-order valence-electron chi connectivity index (χ0n) is 12.3. The van der Waals surface area contributed by atoms with Gasteiger partial charge in [0, 0.05) is 10.4 Å². The van der Waals surface area contributed by atoms with Gasteiger partial charge in [-0.15, -0.1) is 0 Å². The molecule has 1 aliphatic carbocycles. The fourth-order valence-electron chi connectivity index (χ4n) is 3.27. The quantitative estimate of drug-likeness (QED) is 0.348. The molecule has 0 bridgehead atoms. The van der Waals surface area contributed by atoms with Crippen LogP contribution in [0.5, 0.6) is 0 Å². The highest BCUT2D eigenvalue weighted by Crippen LogP contribution is 2.43. The summed E-state index contributed by atoms with van der Waals surface area (Å²) in [6.45, 7) is 2.23. The van der Waals surface area contributed by atoms with Crippen molar-refractivity contribution >= 4 is 31.9 Å². The van der Waals surface area contributed by atoms with Crippen LogP contribution < -0.4 is 0 Å². The molecule has 0 spiro atoms. The molecule has 1 unspecified atom stereocenters. The molecule has 2 rings (SSSR count). The second-order valence-corrected chi connectivity index (χ2v) is 7.95. The van der Waals surface area contributed by atoms with Crippen LogP contribution in [0.3, 0.4) is 0 Å². The van der Waals surface area contributed by atoms with Crippen molar-refractivity contribution in [1.82, 2.24) is 0 Å². The molecular weight excluding hydrogens is 402 g/mol. The smallest absolute Gasteiger partial charge is 0.137 e. The summed E-state index contributed by atoms with van der Waals surface area (Å²) in [5, 5.41) is 0. The zero-order chi connectivity index (χ0) is 15.4. The first-order chi connectivity index (χ1) is 10.0. The molecule has 21 heavy (non-hydrogen) atoms. The molecule has 0 radical (unpaired) electrons. The average Bonchev–Trinajstić information content (AvgIpc) is 2.48. The Morgan fingerprint density at radius 2 is 1.81 bits per heavy atom. The Balaban J connectivity index is 1.99. The van der Waals surface area contributed by atoms with Crippen LogP contribution in [0.1, 0.15) is 62.3 Å². The van der Waals surface area contributed by atoms with Crippen LogP contribution in [0.25, 0.3) is 0 Å². The van der Waals surface area contributed by atoms with E-state index in [0.29, 0.717) is 11.5 Å². The highest BCUT2D eigenvalue weighted by atomic mass is 79.9. The summed E-state index contributed by atoms with van der Waals surface area (Å²) in [5.41, 5.74) is 0.452. The number of halogens is 4. The van der Waals surface area contributed by atoms with Gasteiger partial charge in [0.2, 0.25) is 0 Å². The van der Waals surface area contributed by atoms with Gasteiger partial charge in [0.05, 0.1) is 4.47 Å². The number of benzene rings is 1. The van der Waals surface area contributed by atoms with E-state index in [1.807, 2.05) is 0 Å². The van der Waals surface area contributed by atoms with Gasteiger partial charge in [-0.3, -0.25) is 0 Å². The molecule has 1 aromatic rings. The Morgan fingerprint density at radius 3 is 2.43 bits per heavy atom. The standard InChI is InChI=1S/C17H22Br2F2/c1-2-3-4-11-5-7-12(8-6-11)17(19)13-9-16(21)14(18)10-15(13)20/h9-12,17H,2-8H2,1H3. The summed E-state index contributed by atoms with van der Waals surface area (Å²) in [5.74, 6) is 0.496. The SMILES string of the molecule is CCCCC1CCC(C(Br)c2cc(F)c(Br)cc2F)CC1. The third kappa shape index (κ3) is 4.51. The molecule has 0 aliphatic heterocycles. The molecule has 0 N–H and O–H groups in total. The van der Waals surface area contributed by atoms with Crippen LogP contribution in [-0.2, 0) is 0 Å². The lowest BCUT2D eigenvalue weighted by molar-refractivity contribution is 0.256. The minimum absolute atomic E-state index is 0.0905. The maximum Gasteiger partial charge on any atom is 0.137 e. The first kappa shape index (κ1) is 17.4. The maximum atomic E-state index is 14.1. The lowest BCUT2D eigenvalue weighted by atomic mass is 9.77. The van der Waals surface area contributed by atoms with Gasteiger partial charge in [-0.1, -0.05) is 55.0 Å². The second-order valence-electron chi connectivity index (χ2n) is 6.11. The molecule has 0 heterocycles. The minimum Gasteiger partial charge on any atom is -0.207 e. The monoisotopic (exact) mass is 422 g/mol. The number of hydrogen-bond acceptors (Lipinski definition) is 0. The highest BCUT2D eigenvalue weighted by molar-refractivity contribution is 9.10. The lowest BCUT2D eigenvalue weighted by Gasteiger charge is -2.31. The van der Waals surface area contributed by atoms with Gasteiger partial charge in [0.15, 0.2) is 0 Å². The first-order valence-corrected chi connectivity index (χ1v) is 9.52. The van der Waals surface area contributed by atoms with E-state index in [1.165, 1.54) is 44.2 Å². The molecular formula is C17H22Br2F2. The van der Waals surface area contributed by atoms with Gasteiger partial charge in [-0.2, -0.15) is 0 Å². The molecule has 118 valence electrons. The number of unbranched alkanes of at least 4 members (excludes halogenated alkanes) is 1. The summed E-state index contributed by atoms with van der Waals surface area (Å²) in [4.78, 5) is -0.0905. The van der Waals surface area contributed by atoms with E-state index in [2.05, 4.69) is 38.8 Å². The molecule has 0 amide bonds. The van der Waals surface area contributed by atoms with Crippen molar-refractivity contribution in [3.8, 4) is 0 Å². The summed E-state index contributed by atoms with van der Waals surface area (Å²) in [7, 11) is 0. The minimum atomic E-state index is -0.396. The fourth-order valence-corrected chi connectivity index (χ4v) is 4.46. The fraction of sp³-hybridized carbons (Fsp3) is 0.647. The van der Waals surface area contributed by atoms with E-state index < -0.39 is 5.82 Å². The lowest BCUT2D eigenvalue weighted by Crippen LogP contribution is -2.18. The molecule has 1 atom stereocenters. The van der Waals surface area contributed by atoms with E-state index >= 15 is 0 Å². The van der Waals surface area contributed by atoms with Gasteiger partial charge in [0.25, 0.3) is 0 Å². The van der Waals surface area contributed by atoms with Gasteiger partial charge < -0.3 is 0 Å². The molecule has 0 saturated heterocycles. The van der Waals surface area contributed by atoms with Gasteiger partial charge in [0.1, 0.15) is 11.6 Å². The first-order valence-electron chi connectivity index (χ1n) is 7.81. The van der Waals surface area contributed by atoms with Crippen molar-refractivity contribution in [1.29, 1.82) is 0 Å². The van der Waals surface area contributed by atoms with Crippen LogP contribution >= 0.6 is 31.9 Å². The number of rotatable bonds is 5. The molecule has 0 aromatic heterocycles. The predicted molar refractivity (Wildman–Crippen MR) is 90.7 cm³/mol. The molecule has 4 heteroatoms. The Labute approximate surface area is 143 Å². The molecule has 1 aliphatic rings. The van der Waals surface area contributed by atoms with Crippen LogP contribution in [0, 0.1) is 23.5 Å².